The van der Waals surface area contributed by atoms with Gasteiger partial charge in [0.05, 0.1) is 0 Å². The topological polar surface area (TPSA) is 46.2 Å². The van der Waals surface area contributed by atoms with Crippen molar-refractivity contribution in [1.29, 1.82) is 0 Å². The predicted molar refractivity (Wildman–Crippen MR) is 63.3 cm³/mol. The largest absolute Gasteiger partial charge is 0.289 e. The van der Waals surface area contributed by atoms with Gasteiger partial charge in [-0.3, -0.25) is 14.9 Å². The van der Waals surface area contributed by atoms with Gasteiger partial charge < -0.3 is 0 Å². The van der Waals surface area contributed by atoms with Crippen LogP contribution in [0.2, 0.25) is 0 Å². The maximum Gasteiger partial charge on any atom is 0.250 e. The van der Waals surface area contributed by atoms with Crippen LogP contribution in [0.25, 0.3) is 0 Å². The number of imide groups is 1. The fraction of sp³-hybridized carbons (Fsp3) is 0.333. The zero-order valence-corrected chi connectivity index (χ0v) is 9.89. The third-order valence-corrected chi connectivity index (χ3v) is 0.632. The van der Waals surface area contributed by atoms with Gasteiger partial charge in [-0.2, -0.15) is 0 Å². The van der Waals surface area contributed by atoms with Crippen molar-refractivity contribution < 1.29 is 9.59 Å². The lowest BCUT2D eigenvalue weighted by atomic mass is 10.4. The van der Waals surface area contributed by atoms with E-state index < -0.39 is 0 Å². The minimum absolute atomic E-state index is 0.329. The van der Waals surface area contributed by atoms with E-state index in [9.17, 15) is 9.59 Å². The molecule has 0 radical (unpaired) electrons. The minimum Gasteiger partial charge on any atom is -0.289 e. The van der Waals surface area contributed by atoms with Gasteiger partial charge in [-0.05, 0) is 27.7 Å². The highest BCUT2D eigenvalue weighted by atomic mass is 16.2. The van der Waals surface area contributed by atoms with Crippen molar-refractivity contribution in [2.45, 2.75) is 27.7 Å². The quantitative estimate of drug-likeness (QED) is 0.491. The van der Waals surface area contributed by atoms with Crippen molar-refractivity contribution in [2.24, 2.45) is 0 Å². The molecule has 3 nitrogen and oxygen atoms in total. The SMILES string of the molecule is C=C(C)C.C=C(C)C.O=C1C=CC(=O)N1. The molecular formula is C12H19NO2. The number of amides is 2. The lowest BCUT2D eigenvalue weighted by Gasteiger charge is -1.80. The first-order valence-corrected chi connectivity index (χ1v) is 4.53. The van der Waals surface area contributed by atoms with Crippen LogP contribution in [-0.2, 0) is 9.59 Å². The Morgan fingerprint density at radius 3 is 1.20 bits per heavy atom. The number of carbonyl (C=O) groups excluding carboxylic acids is 2. The van der Waals surface area contributed by atoms with Crippen LogP contribution >= 0.6 is 0 Å². The van der Waals surface area contributed by atoms with Crippen LogP contribution in [0.15, 0.2) is 36.5 Å². The molecule has 0 aromatic carbocycles. The number of allylic oxidation sites excluding steroid dienone is 2. The molecule has 0 bridgehead atoms. The molecule has 1 aliphatic heterocycles. The van der Waals surface area contributed by atoms with E-state index in [1.807, 2.05) is 33.0 Å². The number of nitrogens with one attached hydrogen (secondary N) is 1. The molecule has 0 aromatic rings. The van der Waals surface area contributed by atoms with Crippen LogP contribution in [0.1, 0.15) is 27.7 Å². The number of hydrogen-bond acceptors (Lipinski definition) is 2. The van der Waals surface area contributed by atoms with Crippen LogP contribution in [0.5, 0.6) is 0 Å². The molecule has 84 valence electrons. The molecule has 15 heavy (non-hydrogen) atoms. The Hall–Kier alpha value is -1.64. The van der Waals surface area contributed by atoms with Crippen LogP contribution in [0.4, 0.5) is 0 Å². The normalized spacial score (nSPS) is 11.7. The molecule has 0 saturated heterocycles. The summed E-state index contributed by atoms with van der Waals surface area (Å²) in [7, 11) is 0. The summed E-state index contributed by atoms with van der Waals surface area (Å²) in [6, 6.07) is 0. The van der Waals surface area contributed by atoms with Gasteiger partial charge in [0, 0.05) is 12.2 Å². The molecule has 1 heterocycles. The van der Waals surface area contributed by atoms with E-state index in [4.69, 9.17) is 0 Å². The fourth-order valence-corrected chi connectivity index (χ4v) is 0.356. The van der Waals surface area contributed by atoms with Crippen molar-refractivity contribution in [2.75, 3.05) is 0 Å². The molecule has 0 atom stereocenters. The molecule has 1 rings (SSSR count). The fourth-order valence-electron chi connectivity index (χ4n) is 0.356. The van der Waals surface area contributed by atoms with Crippen molar-refractivity contribution in [1.82, 2.24) is 5.32 Å². The zero-order valence-electron chi connectivity index (χ0n) is 9.89. The molecular weight excluding hydrogens is 190 g/mol. The summed E-state index contributed by atoms with van der Waals surface area (Å²) in [5.41, 5.74) is 2.33. The van der Waals surface area contributed by atoms with Crippen LogP contribution in [-0.4, -0.2) is 11.8 Å². The number of carbonyl (C=O) groups is 2. The smallest absolute Gasteiger partial charge is 0.250 e. The van der Waals surface area contributed by atoms with Crippen molar-refractivity contribution in [3.8, 4) is 0 Å². The zero-order chi connectivity index (χ0) is 12.4. The first-order chi connectivity index (χ1) is 6.75. The van der Waals surface area contributed by atoms with Gasteiger partial charge in [0.2, 0.25) is 0 Å². The summed E-state index contributed by atoms with van der Waals surface area (Å²) < 4.78 is 0. The average Bonchev–Trinajstić information content (AvgIpc) is 2.31. The molecule has 0 fully saturated rings. The monoisotopic (exact) mass is 209 g/mol. The Labute approximate surface area is 91.6 Å². The van der Waals surface area contributed by atoms with Crippen molar-refractivity contribution in [3.63, 3.8) is 0 Å². The molecule has 0 saturated carbocycles. The molecule has 0 aromatic heterocycles. The first kappa shape index (κ1) is 15.8. The average molecular weight is 209 g/mol. The van der Waals surface area contributed by atoms with E-state index >= 15 is 0 Å². The molecule has 0 spiro atoms. The molecule has 1 N–H and O–H groups in total. The summed E-state index contributed by atoms with van der Waals surface area (Å²) in [5, 5.41) is 2.03. The summed E-state index contributed by atoms with van der Waals surface area (Å²) >= 11 is 0. The van der Waals surface area contributed by atoms with E-state index in [0.29, 0.717) is 0 Å². The summed E-state index contributed by atoms with van der Waals surface area (Å²) in [6.45, 7) is 15.0. The maximum absolute atomic E-state index is 10.0. The molecule has 3 heteroatoms. The second-order valence-electron chi connectivity index (χ2n) is 3.60. The van der Waals surface area contributed by atoms with E-state index in [0.717, 1.165) is 0 Å². The van der Waals surface area contributed by atoms with Gasteiger partial charge >= 0.3 is 0 Å². The highest BCUT2D eigenvalue weighted by molar-refractivity contribution is 6.12. The van der Waals surface area contributed by atoms with Crippen LogP contribution < -0.4 is 5.32 Å². The summed E-state index contributed by atoms with van der Waals surface area (Å²) in [6.07, 6.45) is 2.39. The van der Waals surface area contributed by atoms with Gasteiger partial charge in [0.1, 0.15) is 0 Å². The van der Waals surface area contributed by atoms with Crippen LogP contribution in [0.3, 0.4) is 0 Å². The van der Waals surface area contributed by atoms with Gasteiger partial charge in [-0.15, -0.1) is 13.2 Å². The van der Waals surface area contributed by atoms with Gasteiger partial charge in [0.25, 0.3) is 11.8 Å². The third kappa shape index (κ3) is 24.5. The number of rotatable bonds is 0. The second kappa shape index (κ2) is 8.94. The first-order valence-electron chi connectivity index (χ1n) is 4.53. The van der Waals surface area contributed by atoms with E-state index in [1.165, 1.54) is 23.3 Å². The number of hydrogen-bond donors (Lipinski definition) is 1. The highest BCUT2D eigenvalue weighted by Gasteiger charge is 2.06. The Morgan fingerprint density at radius 2 is 1.13 bits per heavy atom. The van der Waals surface area contributed by atoms with E-state index in [2.05, 4.69) is 13.2 Å². The van der Waals surface area contributed by atoms with E-state index in [-0.39, 0.29) is 11.8 Å². The van der Waals surface area contributed by atoms with Gasteiger partial charge in [-0.1, -0.05) is 11.1 Å². The molecule has 2 amide bonds. The Kier molecular flexibility index (Phi) is 9.42. The third-order valence-electron chi connectivity index (χ3n) is 0.632. The van der Waals surface area contributed by atoms with E-state index in [1.54, 1.807) is 0 Å². The minimum atomic E-state index is -0.329. The predicted octanol–water partition coefficient (Wildman–Crippen LogP) is 2.36. The second-order valence-corrected chi connectivity index (χ2v) is 3.60. The molecule has 1 aliphatic rings. The Balaban J connectivity index is 0. The summed E-state index contributed by atoms with van der Waals surface area (Å²) in [4.78, 5) is 20.1. The Bertz CT molecular complexity index is 252. The summed E-state index contributed by atoms with van der Waals surface area (Å²) in [5.74, 6) is -0.657. The molecule has 0 aliphatic carbocycles. The maximum atomic E-state index is 10.0. The highest BCUT2D eigenvalue weighted by Crippen LogP contribution is 1.82. The van der Waals surface area contributed by atoms with Crippen LogP contribution in [0, 0.1) is 0 Å². The van der Waals surface area contributed by atoms with Gasteiger partial charge in [0.15, 0.2) is 0 Å². The standard InChI is InChI=1S/C4H3NO2.2C4H8/c6-3-1-2-4(7)5-3;2*1-4(2)3/h1-2H,(H,5,6,7);2*1H2,2-3H3. The Morgan fingerprint density at radius 1 is 0.933 bits per heavy atom. The van der Waals surface area contributed by atoms with Gasteiger partial charge in [-0.25, -0.2) is 0 Å². The lowest BCUT2D eigenvalue weighted by molar-refractivity contribution is -0.123. The van der Waals surface area contributed by atoms with Crippen molar-refractivity contribution in [3.05, 3.63) is 36.5 Å². The lowest BCUT2D eigenvalue weighted by Crippen LogP contribution is -2.19. The molecule has 0 unspecified atom stereocenters. The van der Waals surface area contributed by atoms with Crippen molar-refractivity contribution >= 4 is 11.8 Å².